The molecule has 0 amide bonds. The van der Waals surface area contributed by atoms with Crippen LogP contribution in [-0.4, -0.2) is 33.0 Å². The van der Waals surface area contributed by atoms with Gasteiger partial charge in [0.25, 0.3) is 0 Å². The highest BCUT2D eigenvalue weighted by Gasteiger charge is 2.33. The first-order valence-electron chi connectivity index (χ1n) is 7.14. The largest absolute Gasteiger partial charge is 0.316 e. The molecule has 1 aromatic rings. The zero-order valence-corrected chi connectivity index (χ0v) is 15.0. The van der Waals surface area contributed by atoms with Crippen molar-refractivity contribution in [1.29, 1.82) is 0 Å². The minimum Gasteiger partial charge on any atom is -0.316 e. The van der Waals surface area contributed by atoms with E-state index in [1.807, 2.05) is 0 Å². The third-order valence-corrected chi connectivity index (χ3v) is 7.37. The average Bonchev–Trinajstić information content (AvgIpc) is 2.94. The molecule has 0 spiro atoms. The minimum absolute atomic E-state index is 0.310. The molecular weight excluding hydrogens is 358 g/mol. The normalized spacial score (nSPS) is 23.0. The molecule has 1 saturated heterocycles. The zero-order valence-electron chi connectivity index (χ0n) is 11.8. The molecule has 114 valence electrons. The number of nitrogens with one attached hydrogen (secondary N) is 1. The van der Waals surface area contributed by atoms with Crippen LogP contribution in [0.25, 0.3) is 0 Å². The second-order valence-corrected chi connectivity index (χ2v) is 9.70. The van der Waals surface area contributed by atoms with Gasteiger partial charge in [0, 0.05) is 14.7 Å². The van der Waals surface area contributed by atoms with Crippen LogP contribution in [0, 0.1) is 11.8 Å². The lowest BCUT2D eigenvalue weighted by Crippen LogP contribution is -2.31. The highest BCUT2D eigenvalue weighted by atomic mass is 79.9. The molecule has 2 heterocycles. The van der Waals surface area contributed by atoms with Crippen molar-refractivity contribution in [3.63, 3.8) is 0 Å². The summed E-state index contributed by atoms with van der Waals surface area (Å²) in [5.74, 6) is 1.48. The van der Waals surface area contributed by atoms with Crippen molar-refractivity contribution in [1.82, 2.24) is 5.32 Å². The van der Waals surface area contributed by atoms with Gasteiger partial charge in [-0.25, -0.2) is 8.42 Å². The number of halogens is 1. The Morgan fingerprint density at radius 3 is 2.90 bits per heavy atom. The van der Waals surface area contributed by atoms with Crippen LogP contribution in [0.4, 0.5) is 0 Å². The molecule has 0 aliphatic carbocycles. The van der Waals surface area contributed by atoms with Gasteiger partial charge in [-0.3, -0.25) is 0 Å². The van der Waals surface area contributed by atoms with Crippen molar-refractivity contribution in [2.45, 2.75) is 26.2 Å². The van der Waals surface area contributed by atoms with Crippen molar-refractivity contribution in [2.75, 3.05) is 24.6 Å². The summed E-state index contributed by atoms with van der Waals surface area (Å²) in [6.07, 6.45) is 2.92. The molecule has 2 rings (SSSR count). The van der Waals surface area contributed by atoms with Crippen LogP contribution in [0.3, 0.4) is 0 Å². The van der Waals surface area contributed by atoms with Crippen LogP contribution < -0.4 is 5.32 Å². The maximum absolute atomic E-state index is 11.7. The highest BCUT2D eigenvalue weighted by Crippen LogP contribution is 2.30. The van der Waals surface area contributed by atoms with Gasteiger partial charge in [0.1, 0.15) is 0 Å². The van der Waals surface area contributed by atoms with Crippen LogP contribution in [0.5, 0.6) is 0 Å². The predicted molar refractivity (Wildman–Crippen MR) is 89.1 cm³/mol. The monoisotopic (exact) mass is 379 g/mol. The van der Waals surface area contributed by atoms with E-state index in [1.54, 1.807) is 11.3 Å². The quantitative estimate of drug-likeness (QED) is 0.740. The van der Waals surface area contributed by atoms with E-state index < -0.39 is 9.84 Å². The Labute approximate surface area is 134 Å². The molecule has 0 radical (unpaired) electrons. The molecule has 2 atom stereocenters. The summed E-state index contributed by atoms with van der Waals surface area (Å²) < 4.78 is 24.5. The molecule has 0 aromatic carbocycles. The van der Waals surface area contributed by atoms with Crippen LogP contribution in [0.15, 0.2) is 15.9 Å². The van der Waals surface area contributed by atoms with Crippen molar-refractivity contribution in [2.24, 2.45) is 11.8 Å². The number of rotatable bonds is 7. The van der Waals surface area contributed by atoms with Crippen molar-refractivity contribution in [3.8, 4) is 0 Å². The van der Waals surface area contributed by atoms with Crippen molar-refractivity contribution < 1.29 is 8.42 Å². The Hall–Kier alpha value is 0.0900. The van der Waals surface area contributed by atoms with Gasteiger partial charge in [0.05, 0.1) is 11.5 Å². The molecule has 1 aromatic heterocycles. The van der Waals surface area contributed by atoms with Crippen molar-refractivity contribution >= 4 is 37.1 Å². The Bertz CT molecular complexity index is 527. The summed E-state index contributed by atoms with van der Waals surface area (Å²) in [5, 5.41) is 5.56. The maximum atomic E-state index is 11.7. The third-order valence-electron chi connectivity index (χ3n) is 3.85. The Balaban J connectivity index is 2.00. The topological polar surface area (TPSA) is 46.2 Å². The smallest absolute Gasteiger partial charge is 0.150 e. The van der Waals surface area contributed by atoms with Crippen LogP contribution >= 0.6 is 27.3 Å². The highest BCUT2D eigenvalue weighted by molar-refractivity contribution is 9.10. The van der Waals surface area contributed by atoms with Gasteiger partial charge < -0.3 is 5.32 Å². The second-order valence-electron chi connectivity index (χ2n) is 5.56. The van der Waals surface area contributed by atoms with Gasteiger partial charge in [0.15, 0.2) is 9.84 Å². The lowest BCUT2D eigenvalue weighted by atomic mass is 9.88. The molecule has 6 heteroatoms. The number of hydrogen-bond donors (Lipinski definition) is 1. The standard InChI is InChI=1S/C14H22BrNO2S2/c1-2-4-16-8-12(6-14-7-13(15)9-19-14)11-3-5-20(17,18)10-11/h7,9,11-12,16H,2-6,8,10H2,1H3. The number of thiophene rings is 1. The lowest BCUT2D eigenvalue weighted by Gasteiger charge is -2.22. The second kappa shape index (κ2) is 7.38. The first-order valence-corrected chi connectivity index (χ1v) is 10.6. The fourth-order valence-electron chi connectivity index (χ4n) is 2.78. The van der Waals surface area contributed by atoms with Gasteiger partial charge in [-0.05, 0) is 66.2 Å². The summed E-state index contributed by atoms with van der Waals surface area (Å²) in [5.41, 5.74) is 0. The first-order chi connectivity index (χ1) is 9.50. The van der Waals surface area contributed by atoms with E-state index in [1.165, 1.54) is 4.88 Å². The van der Waals surface area contributed by atoms with Gasteiger partial charge in [-0.15, -0.1) is 11.3 Å². The summed E-state index contributed by atoms with van der Waals surface area (Å²) in [6.45, 7) is 4.08. The molecule has 1 fully saturated rings. The van der Waals surface area contributed by atoms with E-state index in [9.17, 15) is 8.42 Å². The Morgan fingerprint density at radius 1 is 1.55 bits per heavy atom. The Kier molecular flexibility index (Phi) is 6.08. The molecule has 1 aliphatic rings. The minimum atomic E-state index is -2.79. The molecule has 1 N–H and O–H groups in total. The third kappa shape index (κ3) is 4.83. The van der Waals surface area contributed by atoms with Crippen molar-refractivity contribution in [3.05, 3.63) is 20.8 Å². The maximum Gasteiger partial charge on any atom is 0.150 e. The molecule has 1 aliphatic heterocycles. The summed E-state index contributed by atoms with van der Waals surface area (Å²) in [7, 11) is -2.79. The molecule has 2 unspecified atom stereocenters. The van der Waals surface area contributed by atoms with Gasteiger partial charge in [0.2, 0.25) is 0 Å². The van der Waals surface area contributed by atoms with E-state index in [4.69, 9.17) is 0 Å². The summed E-state index contributed by atoms with van der Waals surface area (Å²) in [6, 6.07) is 2.15. The van der Waals surface area contributed by atoms with Gasteiger partial charge >= 0.3 is 0 Å². The van der Waals surface area contributed by atoms with Gasteiger partial charge in [-0.1, -0.05) is 6.92 Å². The zero-order chi connectivity index (χ0) is 14.6. The average molecular weight is 380 g/mol. The van der Waals surface area contributed by atoms with E-state index in [-0.39, 0.29) is 0 Å². The predicted octanol–water partition coefficient (Wildman–Crippen LogP) is 3.10. The molecule has 3 nitrogen and oxygen atoms in total. The Morgan fingerprint density at radius 2 is 2.35 bits per heavy atom. The molecule has 0 bridgehead atoms. The SMILES string of the molecule is CCCNCC(Cc1cc(Br)cs1)C1CCS(=O)(=O)C1. The van der Waals surface area contributed by atoms with Crippen LogP contribution in [0.2, 0.25) is 0 Å². The summed E-state index contributed by atoms with van der Waals surface area (Å²) in [4.78, 5) is 1.34. The van der Waals surface area contributed by atoms with E-state index in [0.29, 0.717) is 23.3 Å². The molecular formula is C14H22BrNO2S2. The van der Waals surface area contributed by atoms with E-state index in [2.05, 4.69) is 39.6 Å². The lowest BCUT2D eigenvalue weighted by molar-refractivity contribution is 0.345. The van der Waals surface area contributed by atoms with Gasteiger partial charge in [-0.2, -0.15) is 0 Å². The summed E-state index contributed by atoms with van der Waals surface area (Å²) >= 11 is 5.24. The fraction of sp³-hybridized carbons (Fsp3) is 0.714. The number of hydrogen-bond acceptors (Lipinski definition) is 4. The number of sulfone groups is 1. The molecule has 20 heavy (non-hydrogen) atoms. The molecule has 0 saturated carbocycles. The van der Waals surface area contributed by atoms with E-state index in [0.717, 1.165) is 36.8 Å². The fourth-order valence-corrected chi connectivity index (χ4v) is 6.25. The van der Waals surface area contributed by atoms with Crippen LogP contribution in [0.1, 0.15) is 24.6 Å². The van der Waals surface area contributed by atoms with E-state index >= 15 is 0 Å². The first kappa shape index (κ1) is 16.5. The van der Waals surface area contributed by atoms with Crippen LogP contribution in [-0.2, 0) is 16.3 Å².